The summed E-state index contributed by atoms with van der Waals surface area (Å²) in [5.74, 6) is 1.01. The fourth-order valence-corrected chi connectivity index (χ4v) is 1.83. The normalized spacial score (nSPS) is 11.7. The third-order valence-corrected chi connectivity index (χ3v) is 3.23. The lowest BCUT2D eigenvalue weighted by molar-refractivity contribution is -0.120. The lowest BCUT2D eigenvalue weighted by Crippen LogP contribution is -2.36. The maximum atomic E-state index is 11.7. The van der Waals surface area contributed by atoms with Gasteiger partial charge in [0.1, 0.15) is 11.5 Å². The Hall–Kier alpha value is -1.62. The van der Waals surface area contributed by atoms with Crippen molar-refractivity contribution in [1.29, 1.82) is 0 Å². The molecule has 0 spiro atoms. The van der Waals surface area contributed by atoms with E-state index in [1.807, 2.05) is 13.8 Å². The highest BCUT2D eigenvalue weighted by atomic mass is 35.5. The van der Waals surface area contributed by atoms with Gasteiger partial charge in [0.05, 0.1) is 31.5 Å². The van der Waals surface area contributed by atoms with Gasteiger partial charge in [0.2, 0.25) is 5.91 Å². The second-order valence-electron chi connectivity index (χ2n) is 4.42. The number of ether oxygens (including phenoxy) is 2. The molecule has 1 unspecified atom stereocenters. The van der Waals surface area contributed by atoms with Crippen LogP contribution in [0.5, 0.6) is 11.5 Å². The maximum Gasteiger partial charge on any atom is 0.239 e. The topological polar surface area (TPSA) is 59.6 Å². The molecular formula is C14H21ClN2O3. The molecular weight excluding hydrogens is 280 g/mol. The molecule has 112 valence electrons. The van der Waals surface area contributed by atoms with E-state index in [2.05, 4.69) is 10.6 Å². The first-order chi connectivity index (χ1) is 9.51. The zero-order valence-electron chi connectivity index (χ0n) is 12.2. The number of hydrogen-bond acceptors (Lipinski definition) is 4. The molecule has 1 aromatic rings. The Bertz CT molecular complexity index is 466. The number of carbonyl (C=O) groups excluding carboxylic acids is 1. The zero-order chi connectivity index (χ0) is 15.1. The van der Waals surface area contributed by atoms with Crippen molar-refractivity contribution in [3.05, 3.63) is 17.2 Å². The van der Waals surface area contributed by atoms with Crippen LogP contribution in [0.25, 0.3) is 0 Å². The van der Waals surface area contributed by atoms with Crippen LogP contribution < -0.4 is 20.1 Å². The monoisotopic (exact) mass is 300 g/mol. The average Bonchev–Trinajstić information content (AvgIpc) is 2.45. The summed E-state index contributed by atoms with van der Waals surface area (Å²) in [6.45, 7) is 4.14. The summed E-state index contributed by atoms with van der Waals surface area (Å²) in [4.78, 5) is 11.7. The number of benzene rings is 1. The average molecular weight is 301 g/mol. The van der Waals surface area contributed by atoms with Crippen molar-refractivity contribution in [2.24, 2.45) is 0 Å². The van der Waals surface area contributed by atoms with Gasteiger partial charge in [0, 0.05) is 18.2 Å². The Morgan fingerprint density at radius 3 is 2.50 bits per heavy atom. The number of anilines is 1. The third kappa shape index (κ3) is 4.49. The van der Waals surface area contributed by atoms with Gasteiger partial charge in [-0.25, -0.2) is 0 Å². The van der Waals surface area contributed by atoms with Gasteiger partial charge >= 0.3 is 0 Å². The molecule has 2 N–H and O–H groups in total. The van der Waals surface area contributed by atoms with Crippen molar-refractivity contribution in [1.82, 2.24) is 5.32 Å². The lowest BCUT2D eigenvalue weighted by Gasteiger charge is -2.15. The van der Waals surface area contributed by atoms with Gasteiger partial charge in [-0.15, -0.1) is 0 Å². The molecule has 6 heteroatoms. The first-order valence-corrected chi connectivity index (χ1v) is 6.84. The first kappa shape index (κ1) is 16.4. The summed E-state index contributed by atoms with van der Waals surface area (Å²) in [5, 5.41) is 6.35. The van der Waals surface area contributed by atoms with E-state index in [0.717, 1.165) is 6.42 Å². The van der Waals surface area contributed by atoms with Crippen LogP contribution >= 0.6 is 11.6 Å². The summed E-state index contributed by atoms with van der Waals surface area (Å²) in [6, 6.07) is 3.51. The van der Waals surface area contributed by atoms with Crippen LogP contribution in [0, 0.1) is 0 Å². The molecule has 5 nitrogen and oxygen atoms in total. The van der Waals surface area contributed by atoms with E-state index >= 15 is 0 Å². The van der Waals surface area contributed by atoms with Crippen molar-refractivity contribution in [2.45, 2.75) is 26.3 Å². The smallest absolute Gasteiger partial charge is 0.239 e. The standard InChI is InChI=1S/C14H21ClN2O3/c1-5-9(2)17-14(18)8-16-11-7-12(19-3)10(15)6-13(11)20-4/h6-7,9,16H,5,8H2,1-4H3,(H,17,18). The molecule has 1 aromatic carbocycles. The Balaban J connectivity index is 2.74. The Morgan fingerprint density at radius 1 is 1.30 bits per heavy atom. The van der Waals surface area contributed by atoms with E-state index < -0.39 is 0 Å². The minimum Gasteiger partial charge on any atom is -0.495 e. The van der Waals surface area contributed by atoms with Crippen LogP contribution in [0.3, 0.4) is 0 Å². The van der Waals surface area contributed by atoms with Gasteiger partial charge in [-0.3, -0.25) is 4.79 Å². The predicted octanol–water partition coefficient (Wildman–Crippen LogP) is 2.68. The van der Waals surface area contributed by atoms with Gasteiger partial charge in [0.25, 0.3) is 0 Å². The molecule has 1 atom stereocenters. The number of methoxy groups -OCH3 is 2. The second kappa shape index (κ2) is 7.85. The zero-order valence-corrected chi connectivity index (χ0v) is 13.0. The van der Waals surface area contributed by atoms with E-state index in [1.54, 1.807) is 19.2 Å². The molecule has 0 aromatic heterocycles. The van der Waals surface area contributed by atoms with Crippen LogP contribution in [-0.4, -0.2) is 32.7 Å². The van der Waals surface area contributed by atoms with E-state index in [-0.39, 0.29) is 18.5 Å². The van der Waals surface area contributed by atoms with Crippen LogP contribution in [0.2, 0.25) is 5.02 Å². The second-order valence-corrected chi connectivity index (χ2v) is 4.82. The van der Waals surface area contributed by atoms with Crippen LogP contribution in [0.15, 0.2) is 12.1 Å². The molecule has 0 heterocycles. The van der Waals surface area contributed by atoms with Crippen LogP contribution in [0.4, 0.5) is 5.69 Å². The minimum atomic E-state index is -0.0738. The van der Waals surface area contributed by atoms with Crippen molar-refractivity contribution in [3.8, 4) is 11.5 Å². The summed E-state index contributed by atoms with van der Waals surface area (Å²) in [7, 11) is 3.08. The largest absolute Gasteiger partial charge is 0.495 e. The molecule has 0 saturated heterocycles. The molecule has 0 aliphatic rings. The summed E-state index contributed by atoms with van der Waals surface area (Å²) in [5.41, 5.74) is 0.660. The third-order valence-electron chi connectivity index (χ3n) is 2.93. The van der Waals surface area contributed by atoms with Gasteiger partial charge in [0.15, 0.2) is 0 Å². The van der Waals surface area contributed by atoms with Gasteiger partial charge in [-0.1, -0.05) is 18.5 Å². The molecule has 0 fully saturated rings. The van der Waals surface area contributed by atoms with Crippen molar-refractivity contribution in [2.75, 3.05) is 26.1 Å². The number of carbonyl (C=O) groups is 1. The number of rotatable bonds is 7. The first-order valence-electron chi connectivity index (χ1n) is 6.46. The van der Waals surface area contributed by atoms with Crippen LogP contribution in [-0.2, 0) is 4.79 Å². The Morgan fingerprint density at radius 2 is 1.95 bits per heavy atom. The highest BCUT2D eigenvalue weighted by molar-refractivity contribution is 6.32. The minimum absolute atomic E-state index is 0.0738. The molecule has 0 aliphatic carbocycles. The lowest BCUT2D eigenvalue weighted by atomic mass is 10.2. The Kier molecular flexibility index (Phi) is 6.45. The van der Waals surface area contributed by atoms with E-state index in [9.17, 15) is 4.79 Å². The molecule has 0 bridgehead atoms. The maximum absolute atomic E-state index is 11.7. The molecule has 0 radical (unpaired) electrons. The fourth-order valence-electron chi connectivity index (χ4n) is 1.60. The van der Waals surface area contributed by atoms with Crippen molar-refractivity contribution < 1.29 is 14.3 Å². The SMILES string of the molecule is CCC(C)NC(=O)CNc1cc(OC)c(Cl)cc1OC. The Labute approximate surface area is 124 Å². The number of nitrogens with one attached hydrogen (secondary N) is 2. The molecule has 0 saturated carbocycles. The van der Waals surface area contributed by atoms with Crippen molar-refractivity contribution >= 4 is 23.2 Å². The van der Waals surface area contributed by atoms with Gasteiger partial charge in [-0.05, 0) is 13.3 Å². The number of amides is 1. The number of halogens is 1. The van der Waals surface area contributed by atoms with Crippen molar-refractivity contribution in [3.63, 3.8) is 0 Å². The fraction of sp³-hybridized carbons (Fsp3) is 0.500. The van der Waals surface area contributed by atoms with Gasteiger partial charge in [-0.2, -0.15) is 0 Å². The molecule has 0 aliphatic heterocycles. The summed E-state index contributed by atoms with van der Waals surface area (Å²) in [6.07, 6.45) is 0.893. The van der Waals surface area contributed by atoms with Crippen LogP contribution in [0.1, 0.15) is 20.3 Å². The number of hydrogen-bond donors (Lipinski definition) is 2. The van der Waals surface area contributed by atoms with E-state index in [1.165, 1.54) is 7.11 Å². The summed E-state index contributed by atoms with van der Waals surface area (Å²) >= 11 is 6.02. The molecule has 1 rings (SSSR count). The molecule has 20 heavy (non-hydrogen) atoms. The highest BCUT2D eigenvalue weighted by Crippen LogP contribution is 2.35. The van der Waals surface area contributed by atoms with E-state index in [4.69, 9.17) is 21.1 Å². The highest BCUT2D eigenvalue weighted by Gasteiger charge is 2.11. The molecule has 1 amide bonds. The summed E-state index contributed by atoms with van der Waals surface area (Å²) < 4.78 is 10.4. The van der Waals surface area contributed by atoms with E-state index in [0.29, 0.717) is 22.2 Å². The quantitative estimate of drug-likeness (QED) is 0.813. The van der Waals surface area contributed by atoms with Gasteiger partial charge < -0.3 is 20.1 Å². The predicted molar refractivity (Wildman–Crippen MR) is 80.9 cm³/mol.